The third-order valence-corrected chi connectivity index (χ3v) is 2.39. The second-order valence-electron chi connectivity index (χ2n) is 4.06. The molecule has 5 heteroatoms. The van der Waals surface area contributed by atoms with Crippen molar-refractivity contribution in [1.82, 2.24) is 15.0 Å². The fourth-order valence-corrected chi connectivity index (χ4v) is 1.42. The Morgan fingerprint density at radius 3 is 2.60 bits per heavy atom. The standard InChI is InChI=1S/C10H19N3O2/c1-4-5-13-8(6-11-12-13)10(15)9(14)7(2)3/h6-7,9-10,14-15H,4-5H2,1-3H3. The second-order valence-corrected chi connectivity index (χ2v) is 4.06. The number of aliphatic hydroxyl groups excluding tert-OH is 2. The van der Waals surface area contributed by atoms with Crippen LogP contribution < -0.4 is 0 Å². The summed E-state index contributed by atoms with van der Waals surface area (Å²) in [6.45, 7) is 6.46. The predicted molar refractivity (Wildman–Crippen MR) is 56.1 cm³/mol. The molecule has 0 aliphatic rings. The van der Waals surface area contributed by atoms with Crippen molar-refractivity contribution >= 4 is 0 Å². The number of aryl methyl sites for hydroxylation is 1. The molecule has 1 aromatic heterocycles. The molecule has 0 amide bonds. The number of aromatic nitrogens is 3. The number of aliphatic hydroxyl groups is 2. The van der Waals surface area contributed by atoms with Crippen LogP contribution in [0.2, 0.25) is 0 Å². The van der Waals surface area contributed by atoms with Gasteiger partial charge in [-0.15, -0.1) is 5.10 Å². The van der Waals surface area contributed by atoms with E-state index in [-0.39, 0.29) is 5.92 Å². The van der Waals surface area contributed by atoms with Crippen molar-refractivity contribution in [1.29, 1.82) is 0 Å². The summed E-state index contributed by atoms with van der Waals surface area (Å²) in [5.74, 6) is 0.00461. The molecule has 1 rings (SSSR count). The molecule has 0 aliphatic heterocycles. The van der Waals surface area contributed by atoms with Crippen LogP contribution in [0.25, 0.3) is 0 Å². The van der Waals surface area contributed by atoms with E-state index in [4.69, 9.17) is 0 Å². The van der Waals surface area contributed by atoms with Crippen LogP contribution in [0.1, 0.15) is 39.0 Å². The van der Waals surface area contributed by atoms with Gasteiger partial charge in [0.1, 0.15) is 6.10 Å². The van der Waals surface area contributed by atoms with Crippen LogP contribution in [0.5, 0.6) is 0 Å². The number of rotatable bonds is 5. The summed E-state index contributed by atoms with van der Waals surface area (Å²) < 4.78 is 1.64. The van der Waals surface area contributed by atoms with Gasteiger partial charge in [0.2, 0.25) is 0 Å². The largest absolute Gasteiger partial charge is 0.390 e. The van der Waals surface area contributed by atoms with Gasteiger partial charge in [0, 0.05) is 6.54 Å². The maximum Gasteiger partial charge on any atom is 0.123 e. The van der Waals surface area contributed by atoms with Crippen molar-refractivity contribution in [2.24, 2.45) is 5.92 Å². The lowest BCUT2D eigenvalue weighted by molar-refractivity contribution is -0.0141. The molecular weight excluding hydrogens is 194 g/mol. The van der Waals surface area contributed by atoms with Crippen LogP contribution in [-0.2, 0) is 6.54 Å². The molecule has 0 aromatic carbocycles. The third-order valence-electron chi connectivity index (χ3n) is 2.39. The molecule has 1 heterocycles. The average molecular weight is 213 g/mol. The first-order chi connectivity index (χ1) is 7.07. The summed E-state index contributed by atoms with van der Waals surface area (Å²) in [7, 11) is 0. The van der Waals surface area contributed by atoms with Crippen LogP contribution in [0.3, 0.4) is 0 Å². The minimum atomic E-state index is -0.911. The quantitative estimate of drug-likeness (QED) is 0.756. The molecule has 2 atom stereocenters. The Kier molecular flexibility index (Phi) is 4.23. The molecule has 0 saturated heterocycles. The van der Waals surface area contributed by atoms with E-state index in [1.54, 1.807) is 4.68 Å². The lowest BCUT2D eigenvalue weighted by Crippen LogP contribution is -2.26. The zero-order valence-electron chi connectivity index (χ0n) is 9.46. The molecule has 0 radical (unpaired) electrons. The highest BCUT2D eigenvalue weighted by molar-refractivity contribution is 5.01. The van der Waals surface area contributed by atoms with Gasteiger partial charge in [-0.3, -0.25) is 0 Å². The Labute approximate surface area is 89.7 Å². The first kappa shape index (κ1) is 12.1. The lowest BCUT2D eigenvalue weighted by atomic mass is 10.00. The Balaban J connectivity index is 2.80. The molecular formula is C10H19N3O2. The third kappa shape index (κ3) is 2.76. The van der Waals surface area contributed by atoms with Crippen LogP contribution >= 0.6 is 0 Å². The summed E-state index contributed by atoms with van der Waals surface area (Å²) in [6, 6.07) is 0. The monoisotopic (exact) mass is 213 g/mol. The summed E-state index contributed by atoms with van der Waals surface area (Å²) in [4.78, 5) is 0. The van der Waals surface area contributed by atoms with Gasteiger partial charge >= 0.3 is 0 Å². The van der Waals surface area contributed by atoms with Gasteiger partial charge in [-0.2, -0.15) is 0 Å². The fourth-order valence-electron chi connectivity index (χ4n) is 1.42. The van der Waals surface area contributed by atoms with Gasteiger partial charge in [0.15, 0.2) is 0 Å². The Bertz CT molecular complexity index is 299. The molecule has 15 heavy (non-hydrogen) atoms. The van der Waals surface area contributed by atoms with Crippen molar-refractivity contribution in [3.05, 3.63) is 11.9 Å². The molecule has 0 spiro atoms. The average Bonchev–Trinajstić information content (AvgIpc) is 2.64. The van der Waals surface area contributed by atoms with Crippen molar-refractivity contribution < 1.29 is 10.2 Å². The van der Waals surface area contributed by atoms with E-state index in [0.29, 0.717) is 12.2 Å². The van der Waals surface area contributed by atoms with Gasteiger partial charge in [0.25, 0.3) is 0 Å². The van der Waals surface area contributed by atoms with Crippen molar-refractivity contribution in [2.45, 2.75) is 45.9 Å². The van der Waals surface area contributed by atoms with E-state index in [0.717, 1.165) is 6.42 Å². The highest BCUT2D eigenvalue weighted by Crippen LogP contribution is 2.20. The Morgan fingerprint density at radius 2 is 2.07 bits per heavy atom. The molecule has 1 aromatic rings. The summed E-state index contributed by atoms with van der Waals surface area (Å²) >= 11 is 0. The minimum absolute atomic E-state index is 0.00461. The van der Waals surface area contributed by atoms with Gasteiger partial charge in [-0.25, -0.2) is 4.68 Å². The van der Waals surface area contributed by atoms with Crippen LogP contribution in [0.4, 0.5) is 0 Å². The van der Waals surface area contributed by atoms with Gasteiger partial charge in [0.05, 0.1) is 18.0 Å². The molecule has 0 fully saturated rings. The first-order valence-electron chi connectivity index (χ1n) is 5.32. The number of hydrogen-bond donors (Lipinski definition) is 2. The summed E-state index contributed by atoms with van der Waals surface area (Å²) in [5, 5.41) is 27.3. The predicted octanol–water partition coefficient (Wildman–Crippen LogP) is 0.738. The molecule has 0 aliphatic carbocycles. The number of hydrogen-bond acceptors (Lipinski definition) is 4. The maximum atomic E-state index is 9.90. The highest BCUT2D eigenvalue weighted by Gasteiger charge is 2.24. The lowest BCUT2D eigenvalue weighted by Gasteiger charge is -2.21. The van der Waals surface area contributed by atoms with E-state index in [9.17, 15) is 10.2 Å². The number of nitrogens with zero attached hydrogens (tertiary/aromatic N) is 3. The van der Waals surface area contributed by atoms with Gasteiger partial charge < -0.3 is 10.2 Å². The van der Waals surface area contributed by atoms with Gasteiger partial charge in [-0.1, -0.05) is 26.0 Å². The Morgan fingerprint density at radius 1 is 1.40 bits per heavy atom. The zero-order chi connectivity index (χ0) is 11.4. The van der Waals surface area contributed by atoms with E-state index in [1.807, 2.05) is 20.8 Å². The summed E-state index contributed by atoms with van der Waals surface area (Å²) in [6.07, 6.45) is 0.734. The van der Waals surface area contributed by atoms with Crippen molar-refractivity contribution in [3.8, 4) is 0 Å². The SMILES string of the molecule is CCCn1nncc1C(O)C(O)C(C)C. The molecule has 0 bridgehead atoms. The van der Waals surface area contributed by atoms with Crippen LogP contribution in [0, 0.1) is 5.92 Å². The van der Waals surface area contributed by atoms with Crippen LogP contribution in [-0.4, -0.2) is 31.3 Å². The van der Waals surface area contributed by atoms with E-state index < -0.39 is 12.2 Å². The molecule has 0 saturated carbocycles. The second kappa shape index (κ2) is 5.23. The normalized spacial score (nSPS) is 15.6. The van der Waals surface area contributed by atoms with Crippen molar-refractivity contribution in [2.75, 3.05) is 0 Å². The van der Waals surface area contributed by atoms with Crippen LogP contribution in [0.15, 0.2) is 6.20 Å². The van der Waals surface area contributed by atoms with E-state index in [1.165, 1.54) is 6.20 Å². The molecule has 2 N–H and O–H groups in total. The van der Waals surface area contributed by atoms with E-state index in [2.05, 4.69) is 10.3 Å². The fraction of sp³-hybridized carbons (Fsp3) is 0.800. The summed E-state index contributed by atoms with van der Waals surface area (Å²) in [5.41, 5.74) is 0.582. The molecule has 2 unspecified atom stereocenters. The highest BCUT2D eigenvalue weighted by atomic mass is 16.3. The maximum absolute atomic E-state index is 9.90. The minimum Gasteiger partial charge on any atom is -0.390 e. The molecule has 5 nitrogen and oxygen atoms in total. The smallest absolute Gasteiger partial charge is 0.123 e. The first-order valence-corrected chi connectivity index (χ1v) is 5.32. The van der Waals surface area contributed by atoms with E-state index >= 15 is 0 Å². The Hall–Kier alpha value is -0.940. The topological polar surface area (TPSA) is 71.2 Å². The van der Waals surface area contributed by atoms with Crippen molar-refractivity contribution in [3.63, 3.8) is 0 Å². The van der Waals surface area contributed by atoms with Gasteiger partial charge in [-0.05, 0) is 12.3 Å². The zero-order valence-corrected chi connectivity index (χ0v) is 9.46. The molecule has 86 valence electrons.